The smallest absolute Gasteiger partial charge is 0.207 e. The van der Waals surface area contributed by atoms with E-state index in [4.69, 9.17) is 0 Å². The zero-order chi connectivity index (χ0) is 47.3. The van der Waals surface area contributed by atoms with Crippen LogP contribution in [-0.2, 0) is 0 Å². The molecule has 0 aliphatic heterocycles. The summed E-state index contributed by atoms with van der Waals surface area (Å²) in [4.78, 5) is 0. The zero-order valence-electron chi connectivity index (χ0n) is 30.8. The van der Waals surface area contributed by atoms with Crippen LogP contribution in [0.5, 0.6) is 0 Å². The van der Waals surface area contributed by atoms with Crippen molar-refractivity contribution in [3.8, 4) is 0 Å². The van der Waals surface area contributed by atoms with Gasteiger partial charge in [-0.05, 0) is 36.4 Å². The van der Waals surface area contributed by atoms with Crippen molar-refractivity contribution in [1.29, 1.82) is 0 Å². The molecule has 0 aliphatic rings. The summed E-state index contributed by atoms with van der Waals surface area (Å²) in [6.45, 7) is 0. The first-order chi connectivity index (χ1) is 30.2. The summed E-state index contributed by atoms with van der Waals surface area (Å²) < 4.78 is 294. The third kappa shape index (κ3) is 7.35. The first-order valence-electron chi connectivity index (χ1n) is 17.4. The van der Waals surface area contributed by atoms with Crippen molar-refractivity contribution in [2.24, 2.45) is 0 Å². The highest BCUT2D eigenvalue weighted by molar-refractivity contribution is 7.20. The van der Waals surface area contributed by atoms with Crippen molar-refractivity contribution in [2.45, 2.75) is 0 Å². The van der Waals surface area contributed by atoms with E-state index in [9.17, 15) is 52.7 Å². The highest BCUT2D eigenvalue weighted by Gasteiger charge is 2.52. The van der Waals surface area contributed by atoms with Gasteiger partial charge in [-0.15, -0.1) is 21.9 Å². The first kappa shape index (κ1) is 46.9. The standard InChI is InChI=1S/C24BF20.C18H15Si/c26-5-1(6(27)14(35)21(42)13(5)34)25(2-7(28)15(36)22(43)16(37)8(2)29,3-9(30)17(38)23(44)18(39)10(3)31)4-11(32)19(40)24(45)20(41)12(4)33;1-4-10-16(11-5-1)19(17-12-6-2-7-13-17)18-14-8-3-9-15-18/h;1-15H/q-1;+1. The van der Waals surface area contributed by atoms with Crippen LogP contribution < -0.4 is 37.4 Å². The summed E-state index contributed by atoms with van der Waals surface area (Å²) in [6.07, 6.45) is -7.22. The van der Waals surface area contributed by atoms with Gasteiger partial charge in [-0.25, -0.2) is 87.8 Å². The SMILES string of the molecule is Fc1c(F)c(F)c([B-](c2c(F)c(F)c(F)c(F)c2F)(c2c(F)c(F)c(F)c(F)c2F)c2c(F)c(F)c(F)c(F)c2F)c(F)c1F.c1ccc([Si+](c2ccccc2)c2ccccc2)cc1. The maximum absolute atomic E-state index is 15.4. The van der Waals surface area contributed by atoms with Gasteiger partial charge in [0, 0.05) is 0 Å². The monoisotopic (exact) mass is 938 g/mol. The largest absolute Gasteiger partial charge is 0.428 e. The molecule has 0 bridgehead atoms. The van der Waals surface area contributed by atoms with E-state index < -0.39 is 153 Å². The number of halogens is 20. The van der Waals surface area contributed by atoms with Gasteiger partial charge in [-0.1, -0.05) is 54.6 Å². The van der Waals surface area contributed by atoms with Gasteiger partial charge < -0.3 is 0 Å². The Bertz CT molecular complexity index is 2460. The van der Waals surface area contributed by atoms with Gasteiger partial charge in [0.25, 0.3) is 0 Å². The van der Waals surface area contributed by atoms with Crippen molar-refractivity contribution in [3.63, 3.8) is 0 Å². The topological polar surface area (TPSA) is 0 Å². The second-order valence-electron chi connectivity index (χ2n) is 13.3. The average molecular weight is 938 g/mol. The van der Waals surface area contributed by atoms with Crippen molar-refractivity contribution >= 4 is 52.4 Å². The number of hydrogen-bond donors (Lipinski definition) is 0. The van der Waals surface area contributed by atoms with Crippen molar-refractivity contribution in [3.05, 3.63) is 207 Å². The Morgan fingerprint density at radius 3 is 0.500 bits per heavy atom. The fourth-order valence-electron chi connectivity index (χ4n) is 7.19. The zero-order valence-corrected chi connectivity index (χ0v) is 31.8. The van der Waals surface area contributed by atoms with Gasteiger partial charge in [0.2, 0.25) is 0 Å². The molecule has 0 heterocycles. The lowest BCUT2D eigenvalue weighted by Gasteiger charge is -2.44. The van der Waals surface area contributed by atoms with Gasteiger partial charge in [0.15, 0.2) is 69.8 Å². The summed E-state index contributed by atoms with van der Waals surface area (Å²) in [5.41, 5.74) is -14.3. The van der Waals surface area contributed by atoms with Crippen LogP contribution in [0.3, 0.4) is 0 Å². The minimum Gasteiger partial charge on any atom is -0.207 e. The van der Waals surface area contributed by atoms with E-state index >= 15 is 35.1 Å². The van der Waals surface area contributed by atoms with E-state index in [1.54, 1.807) is 0 Å². The van der Waals surface area contributed by atoms with Crippen molar-refractivity contribution in [2.75, 3.05) is 0 Å². The quantitative estimate of drug-likeness (QED) is 0.0500. The number of hydrogen-bond acceptors (Lipinski definition) is 0. The molecule has 7 rings (SSSR count). The Hall–Kier alpha value is -6.58. The van der Waals surface area contributed by atoms with E-state index in [1.807, 2.05) is 0 Å². The molecule has 0 unspecified atom stereocenters. The highest BCUT2D eigenvalue weighted by atomic mass is 28.3. The van der Waals surface area contributed by atoms with Crippen LogP contribution in [-0.4, -0.2) is 14.9 Å². The molecular weight excluding hydrogens is 923 g/mol. The van der Waals surface area contributed by atoms with E-state index in [0.29, 0.717) is 0 Å². The lowest BCUT2D eigenvalue weighted by atomic mass is 9.12. The molecule has 0 atom stereocenters. The third-order valence-electron chi connectivity index (χ3n) is 9.89. The average Bonchev–Trinajstić information content (AvgIpc) is 3.30. The summed E-state index contributed by atoms with van der Waals surface area (Å²) in [7, 11) is -0.877. The molecule has 0 N–H and O–H groups in total. The fraction of sp³-hybridized carbons (Fsp3) is 0. The van der Waals surface area contributed by atoms with Crippen molar-refractivity contribution < 1.29 is 87.8 Å². The predicted molar refractivity (Wildman–Crippen MR) is 193 cm³/mol. The predicted octanol–water partition coefficient (Wildman–Crippen LogP) is 8.05. The molecule has 0 amide bonds. The summed E-state index contributed by atoms with van der Waals surface area (Å²) in [5, 5.41) is 4.31. The molecule has 0 fully saturated rings. The number of rotatable bonds is 7. The molecule has 0 aromatic heterocycles. The third-order valence-corrected chi connectivity index (χ3v) is 12.6. The van der Waals surface area contributed by atoms with Crippen LogP contribution in [0.2, 0.25) is 0 Å². The van der Waals surface area contributed by atoms with E-state index in [2.05, 4.69) is 91.0 Å². The van der Waals surface area contributed by atoms with Crippen LogP contribution in [0.4, 0.5) is 87.8 Å². The molecular formula is C42H15BF20Si. The second kappa shape index (κ2) is 17.9. The van der Waals surface area contributed by atoms with Crippen LogP contribution in [0.25, 0.3) is 0 Å². The summed E-state index contributed by atoms with van der Waals surface area (Å²) in [6, 6.07) is 32.5. The van der Waals surface area contributed by atoms with E-state index in [-0.39, 0.29) is 0 Å². The van der Waals surface area contributed by atoms with Crippen LogP contribution in [0, 0.1) is 116 Å². The maximum atomic E-state index is 15.4. The van der Waals surface area contributed by atoms with Gasteiger partial charge in [0.05, 0.1) is 0 Å². The molecule has 0 radical (unpaired) electrons. The molecule has 0 saturated carbocycles. The lowest BCUT2D eigenvalue weighted by molar-refractivity contribution is 0.378. The first-order valence-corrected chi connectivity index (χ1v) is 18.9. The second-order valence-corrected chi connectivity index (χ2v) is 15.8. The Morgan fingerprint density at radius 2 is 0.344 bits per heavy atom. The number of benzene rings is 7. The molecule has 0 nitrogen and oxygen atoms in total. The fourth-order valence-corrected chi connectivity index (χ4v) is 9.77. The molecule has 7 aromatic rings. The molecule has 0 spiro atoms. The normalized spacial score (nSPS) is 11.4. The Morgan fingerprint density at radius 1 is 0.203 bits per heavy atom. The summed E-state index contributed by atoms with van der Waals surface area (Å²) in [5.74, 6) is -71.4. The van der Waals surface area contributed by atoms with E-state index in [1.165, 1.54) is 15.6 Å². The molecule has 64 heavy (non-hydrogen) atoms. The molecule has 7 aromatic carbocycles. The Labute approximate surface area is 347 Å². The van der Waals surface area contributed by atoms with Gasteiger partial charge >= 0.3 is 8.80 Å². The maximum Gasteiger partial charge on any atom is 0.428 e. The van der Waals surface area contributed by atoms with Crippen molar-refractivity contribution in [1.82, 2.24) is 0 Å². The van der Waals surface area contributed by atoms with Crippen LogP contribution >= 0.6 is 0 Å². The van der Waals surface area contributed by atoms with Gasteiger partial charge in [0.1, 0.15) is 68.2 Å². The summed E-state index contributed by atoms with van der Waals surface area (Å²) >= 11 is 0. The minimum atomic E-state index is -7.22. The minimum absolute atomic E-state index is 0.877. The highest BCUT2D eigenvalue weighted by Crippen LogP contribution is 2.30. The molecule has 22 heteroatoms. The molecule has 330 valence electrons. The van der Waals surface area contributed by atoms with E-state index in [0.717, 1.165) is 0 Å². The Balaban J connectivity index is 0.000000295. The molecule has 0 saturated heterocycles. The lowest BCUT2D eigenvalue weighted by Crippen LogP contribution is -2.81. The van der Waals surface area contributed by atoms with Gasteiger partial charge in [-0.3, -0.25) is 0 Å². The Kier molecular flexibility index (Phi) is 13.1. The van der Waals surface area contributed by atoms with Gasteiger partial charge in [-0.2, -0.15) is 0 Å². The van der Waals surface area contributed by atoms with Crippen LogP contribution in [0.1, 0.15) is 0 Å². The molecule has 0 aliphatic carbocycles. The van der Waals surface area contributed by atoms with Crippen LogP contribution in [0.15, 0.2) is 91.0 Å².